The van der Waals surface area contributed by atoms with Gasteiger partial charge in [0.05, 0.1) is 0 Å². The predicted octanol–water partition coefficient (Wildman–Crippen LogP) is -0.950. The fraction of sp³-hybridized carbons (Fsp3) is 0.625. The zero-order chi connectivity index (χ0) is 11.4. The van der Waals surface area contributed by atoms with Crippen molar-refractivity contribution in [3.8, 4) is 0 Å². The van der Waals surface area contributed by atoms with Gasteiger partial charge < -0.3 is 27.7 Å². The van der Waals surface area contributed by atoms with Crippen LogP contribution < -0.4 is 22.9 Å². The van der Waals surface area contributed by atoms with Gasteiger partial charge in [-0.15, -0.1) is 0 Å². The molecule has 0 aliphatic rings. The van der Waals surface area contributed by atoms with Crippen molar-refractivity contribution in [2.75, 3.05) is 0 Å². The largest absolute Gasteiger partial charge is 0.405 e. The summed E-state index contributed by atoms with van der Waals surface area (Å²) >= 11 is 0. The normalized spacial score (nSPS) is 10.8. The second-order valence-electron chi connectivity index (χ2n) is 3.07. The highest BCUT2D eigenvalue weighted by Crippen LogP contribution is 2.14. The van der Waals surface area contributed by atoms with Gasteiger partial charge >= 0.3 is 5.97 Å². The van der Waals surface area contributed by atoms with Crippen LogP contribution in [0.3, 0.4) is 0 Å². The highest BCUT2D eigenvalue weighted by Gasteiger charge is 2.32. The van der Waals surface area contributed by atoms with Crippen LogP contribution in [0.2, 0.25) is 0 Å². The van der Waals surface area contributed by atoms with Crippen molar-refractivity contribution in [1.29, 1.82) is 0 Å². The molecular formula is C8H18N4O2. The van der Waals surface area contributed by atoms with Gasteiger partial charge in [-0.25, -0.2) is 4.79 Å². The van der Waals surface area contributed by atoms with Gasteiger partial charge in [-0.05, 0) is 12.8 Å². The molecule has 0 amide bonds. The van der Waals surface area contributed by atoms with Crippen LogP contribution in [0.1, 0.15) is 26.7 Å². The lowest BCUT2D eigenvalue weighted by molar-refractivity contribution is -0.146. The van der Waals surface area contributed by atoms with Crippen molar-refractivity contribution in [3.63, 3.8) is 0 Å². The summed E-state index contributed by atoms with van der Waals surface area (Å²) in [7, 11) is 0. The molecule has 0 aromatic heterocycles. The first kappa shape index (κ1) is 12.6. The molecule has 0 aliphatic heterocycles. The van der Waals surface area contributed by atoms with Gasteiger partial charge in [-0.2, -0.15) is 0 Å². The minimum atomic E-state index is -1.03. The van der Waals surface area contributed by atoms with Crippen LogP contribution in [0.5, 0.6) is 0 Å². The highest BCUT2D eigenvalue weighted by atomic mass is 16.5. The molecule has 6 heteroatoms. The molecule has 6 nitrogen and oxygen atoms in total. The van der Waals surface area contributed by atoms with Crippen LogP contribution in [0.25, 0.3) is 0 Å². The quantitative estimate of drug-likeness (QED) is 0.343. The van der Waals surface area contributed by atoms with Crippen LogP contribution in [0, 0.1) is 0 Å². The van der Waals surface area contributed by atoms with E-state index in [9.17, 15) is 4.79 Å². The summed E-state index contributed by atoms with van der Waals surface area (Å²) in [4.78, 5) is 11.5. The lowest BCUT2D eigenvalue weighted by atomic mass is 9.95. The van der Waals surface area contributed by atoms with Crippen LogP contribution in [-0.2, 0) is 9.53 Å². The van der Waals surface area contributed by atoms with Crippen LogP contribution in [0.4, 0.5) is 0 Å². The first-order valence-electron chi connectivity index (χ1n) is 4.39. The lowest BCUT2D eigenvalue weighted by Gasteiger charge is -2.23. The Balaban J connectivity index is 4.57. The minimum absolute atomic E-state index is 0.229. The Morgan fingerprint density at radius 1 is 1.21 bits per heavy atom. The van der Waals surface area contributed by atoms with E-state index in [1.54, 1.807) is 13.8 Å². The number of ether oxygens (including phenoxy) is 1. The third kappa shape index (κ3) is 2.81. The van der Waals surface area contributed by atoms with E-state index in [-0.39, 0.29) is 11.7 Å². The molecule has 0 atom stereocenters. The molecule has 0 saturated heterocycles. The molecule has 0 radical (unpaired) electrons. The lowest BCUT2D eigenvalue weighted by Crippen LogP contribution is -2.48. The summed E-state index contributed by atoms with van der Waals surface area (Å²) in [5, 5.41) is 0. The third-order valence-corrected chi connectivity index (χ3v) is 2.16. The fourth-order valence-corrected chi connectivity index (χ4v) is 0.799. The maximum Gasteiger partial charge on any atom is 0.332 e. The number of carbonyl (C=O) groups excluding carboxylic acids is 1. The van der Waals surface area contributed by atoms with Crippen molar-refractivity contribution < 1.29 is 9.53 Å². The topological polar surface area (TPSA) is 130 Å². The third-order valence-electron chi connectivity index (χ3n) is 2.16. The molecule has 0 aromatic rings. The number of nitrogens with two attached hydrogens (primary N) is 4. The summed E-state index contributed by atoms with van der Waals surface area (Å²) < 4.78 is 4.70. The molecule has 0 fully saturated rings. The average molecular weight is 202 g/mol. The maximum atomic E-state index is 11.5. The van der Waals surface area contributed by atoms with Crippen molar-refractivity contribution in [2.45, 2.75) is 32.2 Å². The van der Waals surface area contributed by atoms with Gasteiger partial charge in [0.2, 0.25) is 5.88 Å². The van der Waals surface area contributed by atoms with Crippen molar-refractivity contribution in [2.24, 2.45) is 22.9 Å². The summed E-state index contributed by atoms with van der Waals surface area (Å²) in [5.41, 5.74) is 20.2. The van der Waals surface area contributed by atoms with Crippen LogP contribution in [-0.4, -0.2) is 11.5 Å². The molecule has 8 N–H and O–H groups in total. The Bertz CT molecular complexity index is 242. The van der Waals surface area contributed by atoms with Crippen molar-refractivity contribution in [3.05, 3.63) is 11.7 Å². The first-order valence-corrected chi connectivity index (χ1v) is 4.39. The monoisotopic (exact) mass is 202 g/mol. The Morgan fingerprint density at radius 3 is 1.93 bits per heavy atom. The Hall–Kier alpha value is -1.43. The first-order chi connectivity index (χ1) is 6.37. The molecule has 0 aromatic carbocycles. The molecular weight excluding hydrogens is 184 g/mol. The minimum Gasteiger partial charge on any atom is -0.405 e. The summed E-state index contributed by atoms with van der Waals surface area (Å²) in [6.07, 6.45) is 0.917. The second-order valence-corrected chi connectivity index (χ2v) is 3.07. The highest BCUT2D eigenvalue weighted by molar-refractivity contribution is 5.81. The predicted molar refractivity (Wildman–Crippen MR) is 53.2 cm³/mol. The Kier molecular flexibility index (Phi) is 4.23. The van der Waals surface area contributed by atoms with Gasteiger partial charge in [0.1, 0.15) is 5.54 Å². The van der Waals surface area contributed by atoms with E-state index in [1.807, 2.05) is 0 Å². The van der Waals surface area contributed by atoms with E-state index in [0.717, 1.165) is 0 Å². The summed E-state index contributed by atoms with van der Waals surface area (Å²) in [6, 6.07) is 0. The van der Waals surface area contributed by atoms with Crippen LogP contribution >= 0.6 is 0 Å². The van der Waals surface area contributed by atoms with Gasteiger partial charge in [-0.1, -0.05) is 13.8 Å². The van der Waals surface area contributed by atoms with Crippen molar-refractivity contribution >= 4 is 5.97 Å². The van der Waals surface area contributed by atoms with Gasteiger partial charge in [0.25, 0.3) is 0 Å². The SMILES string of the molecule is CCC(N)(CC)C(=O)OC(N)=C(N)N. The van der Waals surface area contributed by atoms with Crippen molar-refractivity contribution in [1.82, 2.24) is 0 Å². The summed E-state index contributed by atoms with van der Waals surface area (Å²) in [5.74, 6) is -1.15. The van der Waals surface area contributed by atoms with Gasteiger partial charge in [0.15, 0.2) is 5.82 Å². The smallest absolute Gasteiger partial charge is 0.332 e. The molecule has 0 saturated carbocycles. The van der Waals surface area contributed by atoms with E-state index in [0.29, 0.717) is 12.8 Å². The second kappa shape index (κ2) is 4.71. The van der Waals surface area contributed by atoms with E-state index in [2.05, 4.69) is 0 Å². The molecule has 0 unspecified atom stereocenters. The maximum absolute atomic E-state index is 11.5. The standard InChI is InChI=1S/C8H18N4O2/c1-3-8(12,4-2)7(13)14-6(11)5(9)10/h3-4,9-12H2,1-2H3. The number of rotatable bonds is 4. The molecule has 0 rings (SSSR count). The van der Waals surface area contributed by atoms with E-state index in [4.69, 9.17) is 27.7 Å². The molecule has 14 heavy (non-hydrogen) atoms. The zero-order valence-corrected chi connectivity index (χ0v) is 8.54. The molecule has 82 valence electrons. The van der Waals surface area contributed by atoms with Crippen LogP contribution in [0.15, 0.2) is 11.7 Å². The van der Waals surface area contributed by atoms with E-state index < -0.39 is 11.5 Å². The summed E-state index contributed by atoms with van der Waals surface area (Å²) in [6.45, 7) is 3.58. The van der Waals surface area contributed by atoms with E-state index >= 15 is 0 Å². The Morgan fingerprint density at radius 2 is 1.64 bits per heavy atom. The number of hydrogen-bond acceptors (Lipinski definition) is 6. The molecule has 0 bridgehead atoms. The number of esters is 1. The van der Waals surface area contributed by atoms with Gasteiger partial charge in [0, 0.05) is 0 Å². The van der Waals surface area contributed by atoms with Gasteiger partial charge in [-0.3, -0.25) is 0 Å². The molecule has 0 aliphatic carbocycles. The number of hydrogen-bond donors (Lipinski definition) is 4. The number of carbonyl (C=O) groups is 1. The average Bonchev–Trinajstić information content (AvgIpc) is 2.16. The molecule has 0 heterocycles. The fourth-order valence-electron chi connectivity index (χ4n) is 0.799. The zero-order valence-electron chi connectivity index (χ0n) is 8.54. The Labute approximate surface area is 83.2 Å². The van der Waals surface area contributed by atoms with E-state index in [1.165, 1.54) is 0 Å². The molecule has 0 spiro atoms.